The van der Waals surface area contributed by atoms with Crippen molar-refractivity contribution in [2.24, 2.45) is 5.73 Å². The maximum atomic E-state index is 13.7. The molecule has 0 bridgehead atoms. The summed E-state index contributed by atoms with van der Waals surface area (Å²) in [6.07, 6.45) is -3.30. The molecule has 0 radical (unpaired) electrons. The Morgan fingerprint density at radius 3 is 2.53 bits per heavy atom. The van der Waals surface area contributed by atoms with E-state index >= 15 is 0 Å². The van der Waals surface area contributed by atoms with E-state index in [-0.39, 0.29) is 35.8 Å². The third-order valence-corrected chi connectivity index (χ3v) is 8.68. The van der Waals surface area contributed by atoms with Crippen molar-refractivity contribution < 1.29 is 26.4 Å². The smallest absolute Gasteiger partial charge is 0.368 e. The van der Waals surface area contributed by atoms with Crippen LogP contribution in [0.5, 0.6) is 0 Å². The van der Waals surface area contributed by atoms with Gasteiger partial charge in [-0.25, -0.2) is 8.42 Å². The highest BCUT2D eigenvalue weighted by atomic mass is 32.2. The first-order valence-corrected chi connectivity index (χ1v) is 12.9. The normalized spacial score (nSPS) is 21.4. The van der Waals surface area contributed by atoms with Crippen molar-refractivity contribution in [2.45, 2.75) is 42.9 Å². The number of halogens is 3. The van der Waals surface area contributed by atoms with Gasteiger partial charge in [0.25, 0.3) is 0 Å². The third-order valence-electron chi connectivity index (χ3n) is 6.68. The lowest BCUT2D eigenvalue weighted by molar-refractivity contribution is -0.137. The molecule has 192 valence electrons. The van der Waals surface area contributed by atoms with Crippen LogP contribution < -0.4 is 15.5 Å². The number of anilines is 2. The topological polar surface area (TPSA) is 111 Å². The summed E-state index contributed by atoms with van der Waals surface area (Å²) in [4.78, 5) is 15.1. The van der Waals surface area contributed by atoms with E-state index in [1.807, 2.05) is 0 Å². The molecule has 2 atom stereocenters. The minimum atomic E-state index is -4.66. The molecule has 4 rings (SSSR count). The monoisotopic (exact) mass is 521 g/mol. The second kappa shape index (κ2) is 9.63. The van der Waals surface area contributed by atoms with Crippen molar-refractivity contribution in [3.05, 3.63) is 53.6 Å². The van der Waals surface area contributed by atoms with Crippen LogP contribution in [0.25, 0.3) is 0 Å². The molecular weight excluding hydrogens is 495 g/mol. The highest BCUT2D eigenvalue weighted by molar-refractivity contribution is 7.89. The molecule has 2 aromatic rings. The van der Waals surface area contributed by atoms with Crippen LogP contribution in [0.2, 0.25) is 0 Å². The van der Waals surface area contributed by atoms with Gasteiger partial charge in [0, 0.05) is 43.6 Å². The van der Waals surface area contributed by atoms with E-state index in [2.05, 4.69) is 0 Å². The molecule has 2 fully saturated rings. The van der Waals surface area contributed by atoms with Crippen LogP contribution in [0.4, 0.5) is 24.5 Å². The third kappa shape index (κ3) is 4.85. The lowest BCUT2D eigenvalue weighted by atomic mass is 10.1. The average molecular weight is 522 g/mol. The molecule has 2 N–H and O–H groups in total. The number of nitriles is 1. The van der Waals surface area contributed by atoms with Gasteiger partial charge in [0.2, 0.25) is 15.9 Å². The molecule has 8 nitrogen and oxygen atoms in total. The van der Waals surface area contributed by atoms with Gasteiger partial charge in [-0.2, -0.15) is 22.7 Å². The molecule has 2 heterocycles. The van der Waals surface area contributed by atoms with Crippen LogP contribution >= 0.6 is 0 Å². The Bertz CT molecular complexity index is 1310. The standard InChI is InChI=1S/C24H26F3N5O3S/c1-16-15-30(21-8-7-17(14-28)12-20(21)24(25,26)27)10-11-32(16)36(34,35)19-5-2-4-18(13-19)31-9-3-6-22(31)23(29)33/h2,4-5,7-8,12-13,16,22H,3,6,9-11,15H2,1H3,(H2,29,33)/t16-,22?/m1/s1. The van der Waals surface area contributed by atoms with Gasteiger partial charge >= 0.3 is 6.18 Å². The van der Waals surface area contributed by atoms with Crippen molar-refractivity contribution in [1.82, 2.24) is 4.31 Å². The van der Waals surface area contributed by atoms with Gasteiger partial charge in [-0.15, -0.1) is 0 Å². The molecule has 1 unspecified atom stereocenters. The van der Waals surface area contributed by atoms with Gasteiger partial charge in [-0.05, 0) is 56.2 Å². The van der Waals surface area contributed by atoms with Crippen LogP contribution in [0.15, 0.2) is 47.4 Å². The van der Waals surface area contributed by atoms with E-state index in [4.69, 9.17) is 11.0 Å². The molecule has 2 aliphatic heterocycles. The van der Waals surface area contributed by atoms with Crippen molar-refractivity contribution in [3.63, 3.8) is 0 Å². The molecule has 0 aromatic heterocycles. The fourth-order valence-electron chi connectivity index (χ4n) is 4.95. The highest BCUT2D eigenvalue weighted by Gasteiger charge is 2.39. The van der Waals surface area contributed by atoms with E-state index in [9.17, 15) is 26.4 Å². The van der Waals surface area contributed by atoms with Crippen LogP contribution in [-0.2, 0) is 21.0 Å². The number of amides is 1. The van der Waals surface area contributed by atoms with E-state index in [0.717, 1.165) is 12.5 Å². The Morgan fingerprint density at radius 2 is 1.89 bits per heavy atom. The number of carbonyl (C=O) groups excluding carboxylic acids is 1. The Kier molecular flexibility index (Phi) is 6.90. The predicted octanol–water partition coefficient (Wildman–Crippen LogP) is 2.93. The van der Waals surface area contributed by atoms with Crippen molar-refractivity contribution in [1.29, 1.82) is 5.26 Å². The van der Waals surface area contributed by atoms with Crippen LogP contribution in [0.3, 0.4) is 0 Å². The molecule has 2 aromatic carbocycles. The molecule has 12 heteroatoms. The lowest BCUT2D eigenvalue weighted by Crippen LogP contribution is -2.54. The number of nitrogens with zero attached hydrogens (tertiary/aromatic N) is 4. The molecule has 2 aliphatic rings. The minimum absolute atomic E-state index is 0.0152. The number of sulfonamides is 1. The Morgan fingerprint density at radius 1 is 1.14 bits per heavy atom. The minimum Gasteiger partial charge on any atom is -0.368 e. The Labute approximate surface area is 207 Å². The molecule has 0 saturated carbocycles. The molecular formula is C24H26F3N5O3S. The molecule has 1 amide bonds. The SMILES string of the molecule is C[C@@H]1CN(c2ccc(C#N)cc2C(F)(F)F)CCN1S(=O)(=O)c1cccc(N2CCCC2C(N)=O)c1. The van der Waals surface area contributed by atoms with E-state index in [1.54, 1.807) is 30.0 Å². The van der Waals surface area contributed by atoms with E-state index in [1.165, 1.54) is 33.5 Å². The number of nitrogens with two attached hydrogens (primary N) is 1. The summed E-state index contributed by atoms with van der Waals surface area (Å²) in [5, 5.41) is 9.00. The first kappa shape index (κ1) is 25.8. The van der Waals surface area contributed by atoms with Crippen molar-refractivity contribution in [3.8, 4) is 6.07 Å². The number of primary amides is 1. The first-order valence-electron chi connectivity index (χ1n) is 11.5. The predicted molar refractivity (Wildman–Crippen MR) is 128 cm³/mol. The summed E-state index contributed by atoms with van der Waals surface area (Å²) in [5.41, 5.74) is 4.97. The first-order chi connectivity index (χ1) is 16.9. The molecule has 2 saturated heterocycles. The maximum Gasteiger partial charge on any atom is 0.418 e. The molecule has 0 aliphatic carbocycles. The van der Waals surface area contributed by atoms with E-state index in [0.29, 0.717) is 18.7 Å². The van der Waals surface area contributed by atoms with Gasteiger partial charge in [0.1, 0.15) is 6.04 Å². The van der Waals surface area contributed by atoms with Crippen LogP contribution in [-0.4, -0.2) is 56.9 Å². The number of piperazine rings is 1. The zero-order chi connectivity index (χ0) is 26.3. The maximum absolute atomic E-state index is 13.7. The largest absolute Gasteiger partial charge is 0.418 e. The number of alkyl halides is 3. The van der Waals surface area contributed by atoms with Crippen LogP contribution in [0.1, 0.15) is 30.9 Å². The van der Waals surface area contributed by atoms with Crippen molar-refractivity contribution >= 4 is 27.3 Å². The van der Waals surface area contributed by atoms with E-state index < -0.39 is 39.8 Å². The van der Waals surface area contributed by atoms with Gasteiger partial charge in [0.05, 0.1) is 22.1 Å². The second-order valence-corrected chi connectivity index (χ2v) is 10.9. The average Bonchev–Trinajstić information content (AvgIpc) is 3.33. The van der Waals surface area contributed by atoms with Gasteiger partial charge < -0.3 is 15.5 Å². The summed E-state index contributed by atoms with van der Waals surface area (Å²) in [7, 11) is -3.96. The summed E-state index contributed by atoms with van der Waals surface area (Å²) < 4.78 is 69.3. The number of benzene rings is 2. The summed E-state index contributed by atoms with van der Waals surface area (Å²) in [5.74, 6) is -0.466. The molecule has 0 spiro atoms. The van der Waals surface area contributed by atoms with Crippen molar-refractivity contribution in [2.75, 3.05) is 36.0 Å². The quantitative estimate of drug-likeness (QED) is 0.648. The fourth-order valence-corrected chi connectivity index (χ4v) is 6.61. The van der Waals surface area contributed by atoms with Gasteiger partial charge in [0.15, 0.2) is 0 Å². The van der Waals surface area contributed by atoms with Gasteiger partial charge in [-0.3, -0.25) is 4.79 Å². The number of rotatable bonds is 5. The Hall–Kier alpha value is -3.30. The molecule has 36 heavy (non-hydrogen) atoms. The highest BCUT2D eigenvalue weighted by Crippen LogP contribution is 2.38. The van der Waals surface area contributed by atoms with Gasteiger partial charge in [-0.1, -0.05) is 6.07 Å². The van der Waals surface area contributed by atoms with Crippen LogP contribution in [0, 0.1) is 11.3 Å². The zero-order valence-corrected chi connectivity index (χ0v) is 20.4. The fraction of sp³-hybridized carbons (Fsp3) is 0.417. The zero-order valence-electron chi connectivity index (χ0n) is 19.6. The number of hydrogen-bond acceptors (Lipinski definition) is 6. The number of hydrogen-bond donors (Lipinski definition) is 1. The Balaban J connectivity index is 1.57. The second-order valence-electron chi connectivity index (χ2n) is 9.00. The summed E-state index contributed by atoms with van der Waals surface area (Å²) >= 11 is 0. The summed E-state index contributed by atoms with van der Waals surface area (Å²) in [6.45, 7) is 2.31. The summed E-state index contributed by atoms with van der Waals surface area (Å²) in [6, 6.07) is 10.3. The number of carbonyl (C=O) groups is 1. The lowest BCUT2D eigenvalue weighted by Gasteiger charge is -2.41.